The number of para-hydroxylation sites is 3. The minimum absolute atomic E-state index is 0.0570. The molecule has 4 rings (SSSR count). The van der Waals surface area contributed by atoms with E-state index in [1.807, 2.05) is 43.3 Å². The van der Waals surface area contributed by atoms with Crippen LogP contribution in [-0.2, 0) is 14.4 Å². The highest BCUT2D eigenvalue weighted by Gasteiger charge is 2.48. The maximum absolute atomic E-state index is 13.0. The molecule has 4 unspecified atom stereocenters. The Balaban J connectivity index is 1.50. The summed E-state index contributed by atoms with van der Waals surface area (Å²) in [7, 11) is 1.56. The van der Waals surface area contributed by atoms with E-state index in [0.29, 0.717) is 17.1 Å². The van der Waals surface area contributed by atoms with E-state index in [1.54, 1.807) is 19.2 Å². The average molecular weight is 423 g/mol. The zero-order valence-corrected chi connectivity index (χ0v) is 17.3. The number of hydrogen-bond donors (Lipinski definition) is 5. The van der Waals surface area contributed by atoms with Gasteiger partial charge in [-0.15, -0.1) is 0 Å². The van der Waals surface area contributed by atoms with Gasteiger partial charge in [-0.25, -0.2) is 0 Å². The van der Waals surface area contributed by atoms with E-state index >= 15 is 0 Å². The molecule has 2 aromatic rings. The normalized spacial score (nSPS) is 25.0. The molecular formula is C22H25N5O4. The number of nitrogens with one attached hydrogen (secondary N) is 5. The van der Waals surface area contributed by atoms with Gasteiger partial charge in [0.1, 0.15) is 5.75 Å². The third-order valence-electron chi connectivity index (χ3n) is 5.60. The number of hydrogen-bond acceptors (Lipinski definition) is 6. The maximum Gasteiger partial charge on any atom is 0.229 e. The molecule has 2 aromatic carbocycles. The van der Waals surface area contributed by atoms with Crippen molar-refractivity contribution in [3.05, 3.63) is 54.1 Å². The minimum Gasteiger partial charge on any atom is -0.495 e. The second-order valence-electron chi connectivity index (χ2n) is 7.64. The maximum atomic E-state index is 13.0. The van der Waals surface area contributed by atoms with E-state index in [-0.39, 0.29) is 24.1 Å². The molecule has 0 radical (unpaired) electrons. The summed E-state index contributed by atoms with van der Waals surface area (Å²) >= 11 is 0. The number of ether oxygens (including phenoxy) is 1. The summed E-state index contributed by atoms with van der Waals surface area (Å²) in [6.07, 6.45) is -1.39. The standard InChI is InChI=1S/C22H25N5O4/c1-12-7-3-4-8-14(12)23-20(29)13-11-17(28)25-19-18(13)21(30)27-22(26-19)24-15-9-5-6-10-16(15)31-2/h3-10,13,18-19,22,24,26H,11H2,1-2H3,(H,23,29)(H,25,28)(H,27,30). The molecule has 31 heavy (non-hydrogen) atoms. The molecule has 0 aliphatic carbocycles. The van der Waals surface area contributed by atoms with Crippen LogP contribution in [0.2, 0.25) is 0 Å². The van der Waals surface area contributed by atoms with Gasteiger partial charge in [0.25, 0.3) is 0 Å². The molecule has 2 aliphatic rings. The lowest BCUT2D eigenvalue weighted by Gasteiger charge is -2.43. The zero-order chi connectivity index (χ0) is 22.0. The lowest BCUT2D eigenvalue weighted by molar-refractivity contribution is -0.144. The van der Waals surface area contributed by atoms with Gasteiger partial charge in [0.05, 0.1) is 30.8 Å². The van der Waals surface area contributed by atoms with Gasteiger partial charge in [-0.05, 0) is 30.7 Å². The molecule has 9 nitrogen and oxygen atoms in total. The van der Waals surface area contributed by atoms with E-state index in [0.717, 1.165) is 5.56 Å². The number of amides is 3. The van der Waals surface area contributed by atoms with E-state index < -0.39 is 24.3 Å². The molecule has 5 N–H and O–H groups in total. The Morgan fingerprint density at radius 2 is 1.74 bits per heavy atom. The Bertz CT molecular complexity index is 1010. The molecule has 2 fully saturated rings. The third-order valence-corrected chi connectivity index (χ3v) is 5.60. The first-order valence-corrected chi connectivity index (χ1v) is 10.1. The van der Waals surface area contributed by atoms with Gasteiger partial charge in [0.15, 0.2) is 6.29 Å². The number of carbonyl (C=O) groups excluding carboxylic acids is 3. The number of anilines is 2. The lowest BCUT2D eigenvalue weighted by Crippen LogP contribution is -2.72. The topological polar surface area (TPSA) is 121 Å². The van der Waals surface area contributed by atoms with Gasteiger partial charge in [-0.2, -0.15) is 0 Å². The van der Waals surface area contributed by atoms with Crippen molar-refractivity contribution in [3.8, 4) is 5.75 Å². The fourth-order valence-electron chi connectivity index (χ4n) is 4.01. The molecule has 162 valence electrons. The van der Waals surface area contributed by atoms with Gasteiger partial charge in [-0.1, -0.05) is 30.3 Å². The Morgan fingerprint density at radius 1 is 1.03 bits per heavy atom. The summed E-state index contributed by atoms with van der Waals surface area (Å²) in [5, 5.41) is 14.8. The van der Waals surface area contributed by atoms with Crippen LogP contribution in [0.5, 0.6) is 5.75 Å². The molecule has 2 heterocycles. The molecule has 2 aliphatic heterocycles. The highest BCUT2D eigenvalue weighted by Crippen LogP contribution is 2.29. The van der Waals surface area contributed by atoms with Crippen molar-refractivity contribution in [1.29, 1.82) is 0 Å². The van der Waals surface area contributed by atoms with Crippen molar-refractivity contribution >= 4 is 29.1 Å². The van der Waals surface area contributed by atoms with Gasteiger partial charge < -0.3 is 26.0 Å². The number of rotatable bonds is 5. The Labute approximate surface area is 179 Å². The summed E-state index contributed by atoms with van der Waals surface area (Å²) in [5.74, 6) is -1.88. The summed E-state index contributed by atoms with van der Waals surface area (Å²) in [6, 6.07) is 14.7. The number of methoxy groups -OCH3 is 1. The first-order valence-electron chi connectivity index (χ1n) is 10.1. The predicted octanol–water partition coefficient (Wildman–Crippen LogP) is 1.14. The number of aryl methyl sites for hydroxylation is 1. The van der Waals surface area contributed by atoms with Gasteiger partial charge in [-0.3, -0.25) is 19.7 Å². The zero-order valence-electron chi connectivity index (χ0n) is 17.3. The third kappa shape index (κ3) is 4.31. The van der Waals surface area contributed by atoms with Crippen LogP contribution < -0.4 is 31.3 Å². The fourth-order valence-corrected chi connectivity index (χ4v) is 4.01. The van der Waals surface area contributed by atoms with Gasteiger partial charge in [0.2, 0.25) is 17.7 Å². The summed E-state index contributed by atoms with van der Waals surface area (Å²) < 4.78 is 5.33. The predicted molar refractivity (Wildman–Crippen MR) is 115 cm³/mol. The van der Waals surface area contributed by atoms with Crippen molar-refractivity contribution in [2.45, 2.75) is 25.8 Å². The van der Waals surface area contributed by atoms with Crippen LogP contribution in [0.25, 0.3) is 0 Å². The van der Waals surface area contributed by atoms with E-state index in [9.17, 15) is 14.4 Å². The van der Waals surface area contributed by atoms with Crippen molar-refractivity contribution in [2.75, 3.05) is 17.7 Å². The molecule has 2 saturated heterocycles. The van der Waals surface area contributed by atoms with Gasteiger partial charge in [0, 0.05) is 12.1 Å². The summed E-state index contributed by atoms with van der Waals surface area (Å²) in [5.41, 5.74) is 2.24. The van der Waals surface area contributed by atoms with Crippen molar-refractivity contribution in [1.82, 2.24) is 16.0 Å². The highest BCUT2D eigenvalue weighted by molar-refractivity contribution is 6.00. The van der Waals surface area contributed by atoms with Crippen LogP contribution in [-0.4, -0.2) is 37.3 Å². The van der Waals surface area contributed by atoms with Crippen LogP contribution in [0.3, 0.4) is 0 Å². The molecular weight excluding hydrogens is 398 g/mol. The lowest BCUT2D eigenvalue weighted by atomic mass is 9.81. The summed E-state index contributed by atoms with van der Waals surface area (Å²) in [6.45, 7) is 1.88. The van der Waals surface area contributed by atoms with E-state index in [1.165, 1.54) is 0 Å². The van der Waals surface area contributed by atoms with Crippen LogP contribution in [0.4, 0.5) is 11.4 Å². The SMILES string of the molecule is COc1ccccc1NC1NC(=O)C2C(NC(=O)CC2C(=O)Nc2ccccc2C)N1. The quantitative estimate of drug-likeness (QED) is 0.492. The highest BCUT2D eigenvalue weighted by atomic mass is 16.5. The molecule has 9 heteroatoms. The van der Waals surface area contributed by atoms with Crippen LogP contribution in [0.15, 0.2) is 48.5 Å². The Hall–Kier alpha value is -3.59. The largest absolute Gasteiger partial charge is 0.495 e. The fraction of sp³-hybridized carbons (Fsp3) is 0.318. The Kier molecular flexibility index (Phi) is 5.77. The van der Waals surface area contributed by atoms with Crippen molar-refractivity contribution in [2.24, 2.45) is 11.8 Å². The first-order chi connectivity index (χ1) is 15.0. The van der Waals surface area contributed by atoms with E-state index in [2.05, 4.69) is 26.6 Å². The summed E-state index contributed by atoms with van der Waals surface area (Å²) in [4.78, 5) is 38.3. The monoisotopic (exact) mass is 423 g/mol. The minimum atomic E-state index is -0.793. The van der Waals surface area contributed by atoms with Crippen LogP contribution in [0, 0.1) is 18.8 Å². The second-order valence-corrected chi connectivity index (χ2v) is 7.64. The van der Waals surface area contributed by atoms with E-state index in [4.69, 9.17) is 4.74 Å². The number of fused-ring (bicyclic) bond motifs is 1. The molecule has 0 aromatic heterocycles. The van der Waals surface area contributed by atoms with Crippen molar-refractivity contribution < 1.29 is 19.1 Å². The number of piperidine rings is 1. The van der Waals surface area contributed by atoms with Crippen LogP contribution >= 0.6 is 0 Å². The second kappa shape index (κ2) is 8.65. The Morgan fingerprint density at radius 3 is 2.48 bits per heavy atom. The molecule has 0 spiro atoms. The average Bonchev–Trinajstić information content (AvgIpc) is 2.74. The number of carbonyl (C=O) groups is 3. The smallest absolute Gasteiger partial charge is 0.229 e. The van der Waals surface area contributed by atoms with Gasteiger partial charge >= 0.3 is 0 Å². The first kappa shape index (κ1) is 20.7. The molecule has 4 atom stereocenters. The molecule has 0 saturated carbocycles. The van der Waals surface area contributed by atoms with Crippen LogP contribution in [0.1, 0.15) is 12.0 Å². The number of benzene rings is 2. The molecule has 0 bridgehead atoms. The van der Waals surface area contributed by atoms with Crippen molar-refractivity contribution in [3.63, 3.8) is 0 Å². The molecule has 3 amide bonds.